The molecule has 0 aliphatic rings. The summed E-state index contributed by atoms with van der Waals surface area (Å²) in [6.07, 6.45) is 5.80. The van der Waals surface area contributed by atoms with E-state index in [1.165, 1.54) is 25.7 Å². The van der Waals surface area contributed by atoms with E-state index >= 15 is 0 Å². The predicted molar refractivity (Wildman–Crippen MR) is 48.8 cm³/mol. The minimum absolute atomic E-state index is 0. The Balaban J connectivity index is 0. The van der Waals surface area contributed by atoms with Crippen LogP contribution in [0.2, 0.25) is 9.10 Å². The highest BCUT2D eigenvalue weighted by atomic mass is 24.5. The smallest absolute Gasteiger partial charge is 0.364 e. The van der Waals surface area contributed by atoms with Gasteiger partial charge in [-0.15, -0.1) is 9.10 Å². The zero-order valence-electron chi connectivity index (χ0n) is 7.45. The van der Waals surface area contributed by atoms with Crippen molar-refractivity contribution in [3.05, 3.63) is 0 Å². The van der Waals surface area contributed by atoms with Crippen molar-refractivity contribution in [1.82, 2.24) is 0 Å². The molecule has 0 aliphatic heterocycles. The highest BCUT2D eigenvalue weighted by Crippen LogP contribution is 1.99. The fourth-order valence-corrected chi connectivity index (χ4v) is 3.09. The van der Waals surface area contributed by atoms with Gasteiger partial charge in [0, 0.05) is 0 Å². The fourth-order valence-electron chi connectivity index (χ4n) is 1.03. The van der Waals surface area contributed by atoms with E-state index in [-0.39, 0.29) is 5.48 Å². The number of hydrogen-bond acceptors (Lipinski definition) is 0. The summed E-state index contributed by atoms with van der Waals surface area (Å²) in [5.41, 5.74) is 0. The summed E-state index contributed by atoms with van der Waals surface area (Å²) in [5, 5.41) is 0. The van der Waals surface area contributed by atoms with Gasteiger partial charge in [0.15, 0.2) is 0 Å². The summed E-state index contributed by atoms with van der Waals surface area (Å²) < 4.78 is 3.19. The molecule has 0 aromatic rings. The van der Waals surface area contributed by atoms with E-state index < -0.39 is 0 Å². The molecule has 2 heteroatoms. The van der Waals surface area contributed by atoms with Gasteiger partial charge >= 0.3 is 20.4 Å². The van der Waals surface area contributed by atoms with Crippen molar-refractivity contribution in [2.45, 2.75) is 48.6 Å². The van der Waals surface area contributed by atoms with E-state index in [2.05, 4.69) is 13.8 Å². The van der Waals surface area contributed by atoms with Gasteiger partial charge in [-0.2, -0.15) is 0 Å². The lowest BCUT2D eigenvalue weighted by Crippen LogP contribution is -1.87. The Morgan fingerprint density at radius 1 is 0.900 bits per heavy atom. The normalized spacial score (nSPS) is 8.20. The lowest BCUT2D eigenvalue weighted by molar-refractivity contribution is 0.824. The van der Waals surface area contributed by atoms with E-state index in [0.29, 0.717) is 20.4 Å². The van der Waals surface area contributed by atoms with Gasteiger partial charge in [-0.05, 0) is 0 Å². The predicted octanol–water partition coefficient (Wildman–Crippen LogP) is 2.30. The summed E-state index contributed by atoms with van der Waals surface area (Å²) in [6, 6.07) is 0. The molecular weight excluding hydrogens is 136 g/mol. The first-order chi connectivity index (χ1) is 4.41. The van der Waals surface area contributed by atoms with Crippen LogP contribution in [0.1, 0.15) is 39.5 Å². The average molecular weight is 157 g/mol. The number of rotatable bonds is 6. The van der Waals surface area contributed by atoms with E-state index in [4.69, 9.17) is 0 Å². The zero-order chi connectivity index (χ0) is 6.95. The Bertz CT molecular complexity index is 42.5. The van der Waals surface area contributed by atoms with E-state index in [0.717, 1.165) is 0 Å². The summed E-state index contributed by atoms with van der Waals surface area (Å²) in [7, 11) is 0. The summed E-state index contributed by atoms with van der Waals surface area (Å²) in [5.74, 6) is 0. The first kappa shape index (κ1) is 13.3. The molecule has 0 saturated carbocycles. The molecule has 0 atom stereocenters. The van der Waals surface area contributed by atoms with Gasteiger partial charge in [0.25, 0.3) is 0 Å². The van der Waals surface area contributed by atoms with E-state index in [1.54, 1.807) is 9.10 Å². The Labute approximate surface area is 74.6 Å². The van der Waals surface area contributed by atoms with Crippen LogP contribution in [0.15, 0.2) is 0 Å². The molecule has 1 nitrogen and oxygen atoms in total. The Hall–Kier alpha value is 0.726. The fraction of sp³-hybridized carbons (Fsp3) is 1.00. The maximum absolute atomic E-state index is 2.29. The van der Waals surface area contributed by atoms with Crippen molar-refractivity contribution < 1.29 is 5.48 Å². The van der Waals surface area contributed by atoms with Gasteiger partial charge in [-0.1, -0.05) is 39.5 Å². The van der Waals surface area contributed by atoms with Crippen molar-refractivity contribution in [3.8, 4) is 0 Å². The van der Waals surface area contributed by atoms with Gasteiger partial charge in [0.05, 0.1) is 0 Å². The first-order valence-electron chi connectivity index (χ1n) is 4.41. The van der Waals surface area contributed by atoms with Gasteiger partial charge in [-0.3, -0.25) is 0 Å². The molecule has 0 unspecified atom stereocenters. The molecule has 60 valence electrons. The Morgan fingerprint density at radius 3 is 1.60 bits per heavy atom. The van der Waals surface area contributed by atoms with Crippen LogP contribution < -0.4 is 0 Å². The van der Waals surface area contributed by atoms with Gasteiger partial charge in [0.1, 0.15) is 0 Å². The molecule has 0 bridgehead atoms. The van der Waals surface area contributed by atoms with Crippen LogP contribution in [-0.2, 0) is 0 Å². The minimum atomic E-state index is 0. The standard InChI is InChI=1S/2C4H9.Mg.H2O/c2*1-3-4-2;;/h2*1,3-4H2,2H3;;1H2. The molecule has 0 rings (SSSR count). The number of hydrogen-bond donors (Lipinski definition) is 0. The van der Waals surface area contributed by atoms with Crippen LogP contribution >= 0.6 is 0 Å². The molecule has 10 heavy (non-hydrogen) atoms. The largest absolute Gasteiger partial charge is 0.412 e. The maximum atomic E-state index is 2.29. The third-order valence-electron chi connectivity index (χ3n) is 1.71. The van der Waals surface area contributed by atoms with E-state index in [1.807, 2.05) is 0 Å². The van der Waals surface area contributed by atoms with Crippen LogP contribution in [0, 0.1) is 0 Å². The second kappa shape index (κ2) is 12.4. The molecule has 0 aliphatic carbocycles. The Kier molecular flexibility index (Phi) is 16.5. The third-order valence-corrected chi connectivity index (χ3v) is 3.71. The van der Waals surface area contributed by atoms with Crippen LogP contribution in [0.4, 0.5) is 0 Å². The van der Waals surface area contributed by atoms with Crippen molar-refractivity contribution in [1.29, 1.82) is 0 Å². The van der Waals surface area contributed by atoms with E-state index in [9.17, 15) is 0 Å². The summed E-state index contributed by atoms with van der Waals surface area (Å²) >= 11 is 0.389. The molecule has 0 aromatic carbocycles. The topological polar surface area (TPSA) is 31.5 Å². The summed E-state index contributed by atoms with van der Waals surface area (Å²) in [4.78, 5) is 0. The lowest BCUT2D eigenvalue weighted by atomic mass is 10.4. The molecule has 0 heterocycles. The second-order valence-corrected chi connectivity index (χ2v) is 4.89. The maximum Gasteiger partial charge on any atom is 0.364 e. The second-order valence-electron chi connectivity index (χ2n) is 2.77. The Morgan fingerprint density at radius 2 is 1.30 bits per heavy atom. The van der Waals surface area contributed by atoms with Crippen molar-refractivity contribution in [3.63, 3.8) is 0 Å². The molecule has 0 amide bonds. The average Bonchev–Trinajstić information content (AvgIpc) is 1.89. The molecule has 0 spiro atoms. The SMILES string of the molecule is CCC[CH2][Mg][CH2]CCC.O. The lowest BCUT2D eigenvalue weighted by Gasteiger charge is -1.93. The molecule has 0 aromatic heterocycles. The molecular formula is C8H20MgO. The van der Waals surface area contributed by atoms with Gasteiger partial charge in [-0.25, -0.2) is 0 Å². The summed E-state index contributed by atoms with van der Waals surface area (Å²) in [6.45, 7) is 4.57. The van der Waals surface area contributed by atoms with Crippen LogP contribution in [0.5, 0.6) is 0 Å². The molecule has 0 radical (unpaired) electrons. The third kappa shape index (κ3) is 11.5. The van der Waals surface area contributed by atoms with Crippen LogP contribution in [-0.4, -0.2) is 25.8 Å². The van der Waals surface area contributed by atoms with Gasteiger partial charge in [0.2, 0.25) is 0 Å². The highest BCUT2D eigenvalue weighted by molar-refractivity contribution is 6.35. The van der Waals surface area contributed by atoms with Crippen LogP contribution in [0.3, 0.4) is 0 Å². The van der Waals surface area contributed by atoms with Crippen molar-refractivity contribution in [2.24, 2.45) is 0 Å². The van der Waals surface area contributed by atoms with Gasteiger partial charge < -0.3 is 5.48 Å². The molecule has 0 saturated heterocycles. The first-order valence-corrected chi connectivity index (χ1v) is 6.41. The zero-order valence-corrected chi connectivity index (χ0v) is 8.86. The van der Waals surface area contributed by atoms with Crippen molar-refractivity contribution >= 4 is 20.4 Å². The molecule has 2 N–H and O–H groups in total. The quantitative estimate of drug-likeness (QED) is 0.418. The minimum Gasteiger partial charge on any atom is -0.412 e. The molecule has 0 fully saturated rings. The van der Waals surface area contributed by atoms with Crippen LogP contribution in [0.25, 0.3) is 0 Å². The van der Waals surface area contributed by atoms with Crippen molar-refractivity contribution in [2.75, 3.05) is 0 Å². The highest BCUT2D eigenvalue weighted by Gasteiger charge is 1.92. The number of unbranched alkanes of at least 4 members (excludes halogenated alkanes) is 2. The monoisotopic (exact) mass is 156 g/mol.